The van der Waals surface area contributed by atoms with Gasteiger partial charge in [0.15, 0.2) is 6.29 Å². The molecule has 5 heteroatoms. The minimum Gasteiger partial charge on any atom is -0.351 e. The van der Waals surface area contributed by atoms with Crippen molar-refractivity contribution in [2.75, 3.05) is 10.5 Å². The predicted molar refractivity (Wildman–Crippen MR) is 94.0 cm³/mol. The van der Waals surface area contributed by atoms with Gasteiger partial charge in [0.2, 0.25) is 0 Å². The molecule has 21 heavy (non-hydrogen) atoms. The van der Waals surface area contributed by atoms with E-state index in [9.17, 15) is 4.79 Å². The molecule has 3 rings (SSSR count). The lowest BCUT2D eigenvalue weighted by Gasteiger charge is -2.18. The van der Waals surface area contributed by atoms with Crippen LogP contribution in [0.1, 0.15) is 29.4 Å². The molecule has 0 fully saturated rings. The zero-order valence-corrected chi connectivity index (χ0v) is 13.7. The molecular weight excluding hydrogens is 300 g/mol. The number of H-pyrrole nitrogens is 1. The fourth-order valence-corrected chi connectivity index (χ4v) is 4.79. The first-order valence-corrected chi connectivity index (χ1v) is 8.82. The molecule has 0 radical (unpaired) electrons. The van der Waals surface area contributed by atoms with Gasteiger partial charge in [-0.25, -0.2) is 0 Å². The number of aldehydes is 1. The van der Waals surface area contributed by atoms with E-state index in [1.54, 1.807) is 11.9 Å². The lowest BCUT2D eigenvalue weighted by Crippen LogP contribution is -2.00. The van der Waals surface area contributed by atoms with Crippen molar-refractivity contribution >= 4 is 46.6 Å². The molecule has 0 bridgehead atoms. The van der Waals surface area contributed by atoms with Crippen molar-refractivity contribution in [3.05, 3.63) is 39.8 Å². The molecule has 2 aromatic rings. The van der Waals surface area contributed by atoms with E-state index in [4.69, 9.17) is 0 Å². The summed E-state index contributed by atoms with van der Waals surface area (Å²) in [5.41, 5.74) is 3.84. The number of carbonyl (C=O) groups is 1. The number of rotatable bonds is 4. The maximum atomic E-state index is 10.9. The highest BCUT2D eigenvalue weighted by Gasteiger charge is 2.13. The molecule has 0 saturated heterocycles. The van der Waals surface area contributed by atoms with Gasteiger partial charge in [0.05, 0.1) is 21.1 Å². The Morgan fingerprint density at radius 1 is 1.48 bits per heavy atom. The molecule has 1 aliphatic heterocycles. The largest absolute Gasteiger partial charge is 0.351 e. The first-order valence-electron chi connectivity index (χ1n) is 7.02. The number of benzene rings is 1. The summed E-state index contributed by atoms with van der Waals surface area (Å²) in [6.07, 6.45) is 4.43. The van der Waals surface area contributed by atoms with E-state index in [2.05, 4.69) is 35.7 Å². The van der Waals surface area contributed by atoms with Gasteiger partial charge in [0, 0.05) is 5.39 Å². The molecule has 110 valence electrons. The molecule has 1 unspecified atom stereocenters. The Morgan fingerprint density at radius 3 is 3.10 bits per heavy atom. The summed E-state index contributed by atoms with van der Waals surface area (Å²) < 4.78 is 4.79. The van der Waals surface area contributed by atoms with Crippen LogP contribution in [0.2, 0.25) is 0 Å². The van der Waals surface area contributed by atoms with Gasteiger partial charge in [-0.15, -0.1) is 11.8 Å². The lowest BCUT2D eigenvalue weighted by molar-refractivity contribution is 0.112. The fraction of sp³-hybridized carbons (Fsp3) is 0.312. The van der Waals surface area contributed by atoms with Crippen LogP contribution >= 0.6 is 23.7 Å². The van der Waals surface area contributed by atoms with E-state index in [0.717, 1.165) is 22.9 Å². The molecular formula is C16H18N2OS2. The summed E-state index contributed by atoms with van der Waals surface area (Å²) in [5.74, 6) is 1.84. The summed E-state index contributed by atoms with van der Waals surface area (Å²) in [5, 5.41) is 1.06. The van der Waals surface area contributed by atoms with Crippen molar-refractivity contribution in [3.8, 4) is 0 Å². The number of carbonyl (C=O) groups excluding carboxylic acids is 1. The SMILES string of the molecule is Cc1ccc2cc(C=O)[nH]c2c1NSC1=CC(C)CCS1. The van der Waals surface area contributed by atoms with Gasteiger partial charge in [-0.1, -0.05) is 25.1 Å². The van der Waals surface area contributed by atoms with E-state index >= 15 is 0 Å². The van der Waals surface area contributed by atoms with Gasteiger partial charge in [-0.2, -0.15) is 0 Å². The highest BCUT2D eigenvalue weighted by atomic mass is 32.2. The van der Waals surface area contributed by atoms with Crippen molar-refractivity contribution < 1.29 is 4.79 Å². The zero-order valence-electron chi connectivity index (χ0n) is 12.1. The minimum absolute atomic E-state index is 0.614. The molecule has 3 nitrogen and oxygen atoms in total. The molecule has 2 N–H and O–H groups in total. The smallest absolute Gasteiger partial charge is 0.166 e. The number of thioether (sulfide) groups is 1. The number of aromatic amines is 1. The van der Waals surface area contributed by atoms with Crippen molar-refractivity contribution in [1.82, 2.24) is 4.98 Å². The third kappa shape index (κ3) is 3.14. The molecule has 0 aliphatic carbocycles. The number of allylic oxidation sites excluding steroid dienone is 1. The fourth-order valence-electron chi connectivity index (χ4n) is 2.39. The normalized spacial score (nSPS) is 18.6. The zero-order chi connectivity index (χ0) is 14.8. The van der Waals surface area contributed by atoms with Crippen LogP contribution in [0.15, 0.2) is 28.5 Å². The topological polar surface area (TPSA) is 44.9 Å². The Bertz CT molecular complexity index is 706. The summed E-state index contributed by atoms with van der Waals surface area (Å²) in [6, 6.07) is 6.01. The van der Waals surface area contributed by atoms with Crippen molar-refractivity contribution in [2.45, 2.75) is 20.3 Å². The monoisotopic (exact) mass is 318 g/mol. The van der Waals surface area contributed by atoms with E-state index in [0.29, 0.717) is 11.6 Å². The number of fused-ring (bicyclic) bond motifs is 1. The summed E-state index contributed by atoms with van der Waals surface area (Å²) in [4.78, 5) is 14.1. The van der Waals surface area contributed by atoms with Gasteiger partial charge < -0.3 is 9.71 Å². The number of aromatic nitrogens is 1. The number of nitrogens with one attached hydrogen (secondary N) is 2. The Morgan fingerprint density at radius 2 is 2.33 bits per heavy atom. The maximum Gasteiger partial charge on any atom is 0.166 e. The Hall–Kier alpha value is -1.33. The number of anilines is 1. The van der Waals surface area contributed by atoms with E-state index < -0.39 is 0 Å². The molecule has 1 aromatic heterocycles. The highest BCUT2D eigenvalue weighted by molar-refractivity contribution is 8.22. The van der Waals surface area contributed by atoms with Gasteiger partial charge in [-0.05, 0) is 48.6 Å². The molecule has 0 spiro atoms. The van der Waals surface area contributed by atoms with Crippen LogP contribution in [0.25, 0.3) is 10.9 Å². The van der Waals surface area contributed by atoms with Crippen LogP contribution in [0.4, 0.5) is 5.69 Å². The predicted octanol–water partition coefficient (Wildman–Crippen LogP) is 4.96. The van der Waals surface area contributed by atoms with Crippen molar-refractivity contribution in [3.63, 3.8) is 0 Å². The number of hydrogen-bond acceptors (Lipinski definition) is 4. The van der Waals surface area contributed by atoms with E-state index in [-0.39, 0.29) is 0 Å². The Balaban J connectivity index is 1.87. The minimum atomic E-state index is 0.614. The van der Waals surface area contributed by atoms with Crippen LogP contribution < -0.4 is 4.72 Å². The molecule has 1 aromatic carbocycles. The third-order valence-electron chi connectivity index (χ3n) is 3.65. The van der Waals surface area contributed by atoms with E-state index in [1.807, 2.05) is 23.9 Å². The van der Waals surface area contributed by atoms with Gasteiger partial charge in [0.25, 0.3) is 0 Å². The Kier molecular flexibility index (Phi) is 4.31. The summed E-state index contributed by atoms with van der Waals surface area (Å²) >= 11 is 3.57. The van der Waals surface area contributed by atoms with Crippen LogP contribution in [-0.4, -0.2) is 17.0 Å². The van der Waals surface area contributed by atoms with Crippen molar-refractivity contribution in [2.24, 2.45) is 5.92 Å². The first-order chi connectivity index (χ1) is 10.2. The van der Waals surface area contributed by atoms with Crippen LogP contribution in [0.5, 0.6) is 0 Å². The standard InChI is InChI=1S/C16H18N2OS2/c1-10-5-6-20-14(7-10)21-18-15-11(2)3-4-12-8-13(9-19)17-16(12)15/h3-4,7-10,17-18H,5-6H2,1-2H3. The summed E-state index contributed by atoms with van der Waals surface area (Å²) in [7, 11) is 0. The number of aryl methyl sites for hydroxylation is 1. The van der Waals surface area contributed by atoms with Crippen LogP contribution in [-0.2, 0) is 0 Å². The van der Waals surface area contributed by atoms with Gasteiger partial charge in [0.1, 0.15) is 0 Å². The van der Waals surface area contributed by atoms with E-state index in [1.165, 1.54) is 22.0 Å². The quantitative estimate of drug-likeness (QED) is 0.617. The maximum absolute atomic E-state index is 10.9. The number of hydrogen-bond donors (Lipinski definition) is 2. The van der Waals surface area contributed by atoms with Crippen LogP contribution in [0, 0.1) is 12.8 Å². The summed E-state index contributed by atoms with van der Waals surface area (Å²) in [6.45, 7) is 4.34. The lowest BCUT2D eigenvalue weighted by atomic mass is 10.1. The third-order valence-corrected chi connectivity index (χ3v) is 5.75. The second kappa shape index (κ2) is 6.20. The van der Waals surface area contributed by atoms with Gasteiger partial charge >= 0.3 is 0 Å². The highest BCUT2D eigenvalue weighted by Crippen LogP contribution is 2.38. The molecule has 2 heterocycles. The first kappa shape index (κ1) is 14.6. The molecule has 0 amide bonds. The van der Waals surface area contributed by atoms with Gasteiger partial charge in [-0.3, -0.25) is 4.79 Å². The second-order valence-corrected chi connectivity index (χ2v) is 7.61. The average molecular weight is 318 g/mol. The molecule has 0 saturated carbocycles. The van der Waals surface area contributed by atoms with Crippen LogP contribution in [0.3, 0.4) is 0 Å². The Labute approximate surface area is 133 Å². The van der Waals surface area contributed by atoms with Crippen molar-refractivity contribution in [1.29, 1.82) is 0 Å². The molecule has 1 atom stereocenters. The average Bonchev–Trinajstić information content (AvgIpc) is 2.89. The second-order valence-electron chi connectivity index (χ2n) is 5.37. The molecule has 1 aliphatic rings.